The van der Waals surface area contributed by atoms with E-state index in [-0.39, 0.29) is 11.9 Å². The van der Waals surface area contributed by atoms with Crippen LogP contribution in [0.1, 0.15) is 30.8 Å². The van der Waals surface area contributed by atoms with Crippen LogP contribution in [0.2, 0.25) is 0 Å². The second-order valence-corrected chi connectivity index (χ2v) is 8.32. The van der Waals surface area contributed by atoms with Crippen LogP contribution in [0.25, 0.3) is 0 Å². The first-order chi connectivity index (χ1) is 14.5. The first-order valence-corrected chi connectivity index (χ1v) is 11.1. The molecule has 2 aromatic carbocycles. The lowest BCUT2D eigenvalue weighted by Crippen LogP contribution is -2.28. The van der Waals surface area contributed by atoms with Gasteiger partial charge in [-0.1, -0.05) is 67.2 Å². The number of rotatable bonds is 9. The van der Waals surface area contributed by atoms with Crippen molar-refractivity contribution in [3.63, 3.8) is 0 Å². The number of hydrogen-bond acceptors (Lipinski definition) is 5. The molecule has 0 aliphatic rings. The zero-order valence-corrected chi connectivity index (χ0v) is 18.8. The van der Waals surface area contributed by atoms with Gasteiger partial charge in [0.1, 0.15) is 0 Å². The van der Waals surface area contributed by atoms with Crippen molar-refractivity contribution < 1.29 is 4.79 Å². The Labute approximate surface area is 182 Å². The number of para-hydroxylation sites is 1. The van der Waals surface area contributed by atoms with Gasteiger partial charge >= 0.3 is 0 Å². The van der Waals surface area contributed by atoms with Gasteiger partial charge < -0.3 is 9.47 Å². The van der Waals surface area contributed by atoms with Gasteiger partial charge in [-0.05, 0) is 38.2 Å². The highest BCUT2D eigenvalue weighted by atomic mass is 32.2. The average Bonchev–Trinajstić information content (AvgIpc) is 3.15. The number of hydrogen-bond donors (Lipinski definition) is 0. The molecule has 1 unspecified atom stereocenters. The lowest BCUT2D eigenvalue weighted by Gasteiger charge is -2.23. The number of thioether (sulfide) groups is 1. The van der Waals surface area contributed by atoms with Gasteiger partial charge in [0, 0.05) is 12.7 Å². The first kappa shape index (κ1) is 22.1. The summed E-state index contributed by atoms with van der Waals surface area (Å²) in [5.41, 5.74) is 2.06. The van der Waals surface area contributed by atoms with E-state index in [0.29, 0.717) is 12.3 Å². The maximum Gasteiger partial charge on any atom is 0.237 e. The van der Waals surface area contributed by atoms with Crippen LogP contribution < -0.4 is 4.90 Å². The Morgan fingerprint density at radius 3 is 2.23 bits per heavy atom. The van der Waals surface area contributed by atoms with Gasteiger partial charge in [0.05, 0.1) is 18.3 Å². The maximum atomic E-state index is 12.7. The predicted octanol–water partition coefficient (Wildman–Crippen LogP) is 4.09. The van der Waals surface area contributed by atoms with E-state index in [1.165, 1.54) is 17.3 Å². The summed E-state index contributed by atoms with van der Waals surface area (Å²) in [6.45, 7) is 2.83. The molecule has 3 rings (SSSR count). The number of amides is 1. The lowest BCUT2D eigenvalue weighted by atomic mass is 10.2. The van der Waals surface area contributed by atoms with Crippen molar-refractivity contribution in [2.45, 2.75) is 31.1 Å². The minimum absolute atomic E-state index is 0.0293. The molecule has 0 aliphatic heterocycles. The molecule has 1 heterocycles. The SMILES string of the molecule is CCC(c1nnc(SCC(=O)N(C)c2ccccc2)n1Cc1ccccc1)N(C)C. The molecule has 0 bridgehead atoms. The van der Waals surface area contributed by atoms with Gasteiger partial charge in [0.15, 0.2) is 11.0 Å². The van der Waals surface area contributed by atoms with E-state index in [1.54, 1.807) is 11.9 Å². The monoisotopic (exact) mass is 423 g/mol. The average molecular weight is 424 g/mol. The number of anilines is 1. The minimum Gasteiger partial charge on any atom is -0.315 e. The van der Waals surface area contributed by atoms with Crippen LogP contribution in [0.15, 0.2) is 65.8 Å². The van der Waals surface area contributed by atoms with E-state index >= 15 is 0 Å². The standard InChI is InChI=1S/C23H29N5OS/c1-5-20(26(2)3)22-24-25-23(28(22)16-18-12-8-6-9-13-18)30-17-21(29)27(4)19-14-10-7-11-15-19/h6-15,20H,5,16-17H2,1-4H3. The zero-order chi connectivity index (χ0) is 21.5. The smallest absolute Gasteiger partial charge is 0.237 e. The van der Waals surface area contributed by atoms with Gasteiger partial charge in [-0.15, -0.1) is 10.2 Å². The fourth-order valence-corrected chi connectivity index (χ4v) is 4.22. The summed E-state index contributed by atoms with van der Waals surface area (Å²) in [5.74, 6) is 1.26. The van der Waals surface area contributed by atoms with Gasteiger partial charge in [-0.25, -0.2) is 0 Å². The van der Waals surface area contributed by atoms with E-state index in [0.717, 1.165) is 23.1 Å². The molecule has 0 N–H and O–H groups in total. The Morgan fingerprint density at radius 1 is 1.00 bits per heavy atom. The second kappa shape index (κ2) is 10.4. The molecule has 1 atom stereocenters. The van der Waals surface area contributed by atoms with Crippen LogP contribution in [-0.4, -0.2) is 52.5 Å². The molecule has 0 spiro atoms. The van der Waals surface area contributed by atoms with Crippen LogP contribution in [0.5, 0.6) is 0 Å². The molecule has 7 heteroatoms. The molecular weight excluding hydrogens is 394 g/mol. The number of carbonyl (C=O) groups is 1. The number of benzene rings is 2. The van der Waals surface area contributed by atoms with E-state index in [2.05, 4.69) is 52.8 Å². The fraction of sp³-hybridized carbons (Fsp3) is 0.348. The normalized spacial score (nSPS) is 12.2. The summed E-state index contributed by atoms with van der Waals surface area (Å²) in [6.07, 6.45) is 0.931. The topological polar surface area (TPSA) is 54.3 Å². The molecule has 1 aromatic heterocycles. The third-order valence-electron chi connectivity index (χ3n) is 5.08. The molecule has 1 amide bonds. The lowest BCUT2D eigenvalue weighted by molar-refractivity contribution is -0.115. The number of carbonyl (C=O) groups excluding carboxylic acids is 1. The molecule has 30 heavy (non-hydrogen) atoms. The quantitative estimate of drug-likeness (QED) is 0.485. The molecule has 0 fully saturated rings. The molecular formula is C23H29N5OS. The maximum absolute atomic E-state index is 12.7. The third-order valence-corrected chi connectivity index (χ3v) is 6.03. The van der Waals surface area contributed by atoms with Gasteiger partial charge in [0.2, 0.25) is 5.91 Å². The van der Waals surface area contributed by atoms with Crippen molar-refractivity contribution in [2.75, 3.05) is 31.8 Å². The Bertz CT molecular complexity index is 943. The summed E-state index contributed by atoms with van der Waals surface area (Å²) in [7, 11) is 5.92. The van der Waals surface area contributed by atoms with E-state index < -0.39 is 0 Å². The van der Waals surface area contributed by atoms with Crippen LogP contribution >= 0.6 is 11.8 Å². The molecule has 0 aliphatic carbocycles. The summed E-state index contributed by atoms with van der Waals surface area (Å²) < 4.78 is 2.14. The Kier molecular flexibility index (Phi) is 7.65. The number of aromatic nitrogens is 3. The van der Waals surface area contributed by atoms with Crippen molar-refractivity contribution in [3.05, 3.63) is 72.1 Å². The van der Waals surface area contributed by atoms with E-state index in [9.17, 15) is 4.79 Å². The molecule has 3 aromatic rings. The summed E-state index contributed by atoms with van der Waals surface area (Å²) in [6, 6.07) is 20.1. The minimum atomic E-state index is 0.0293. The molecule has 6 nitrogen and oxygen atoms in total. The highest BCUT2D eigenvalue weighted by molar-refractivity contribution is 7.99. The van der Waals surface area contributed by atoms with Crippen molar-refractivity contribution in [1.82, 2.24) is 19.7 Å². The largest absolute Gasteiger partial charge is 0.315 e. The highest BCUT2D eigenvalue weighted by Crippen LogP contribution is 2.26. The molecule has 0 saturated carbocycles. The van der Waals surface area contributed by atoms with Crippen molar-refractivity contribution >= 4 is 23.4 Å². The number of nitrogens with zero attached hydrogens (tertiary/aromatic N) is 5. The van der Waals surface area contributed by atoms with Gasteiger partial charge in [0.25, 0.3) is 0 Å². The van der Waals surface area contributed by atoms with Crippen molar-refractivity contribution in [1.29, 1.82) is 0 Å². The van der Waals surface area contributed by atoms with Crippen LogP contribution in [-0.2, 0) is 11.3 Å². The Balaban J connectivity index is 1.81. The van der Waals surface area contributed by atoms with Gasteiger partial charge in [-0.2, -0.15) is 0 Å². The first-order valence-electron chi connectivity index (χ1n) is 10.1. The summed E-state index contributed by atoms with van der Waals surface area (Å²) in [5, 5.41) is 9.72. The fourth-order valence-electron chi connectivity index (χ4n) is 3.37. The van der Waals surface area contributed by atoms with Crippen LogP contribution in [0.3, 0.4) is 0 Å². The highest BCUT2D eigenvalue weighted by Gasteiger charge is 2.23. The predicted molar refractivity (Wildman–Crippen MR) is 123 cm³/mol. The molecule has 0 saturated heterocycles. The van der Waals surface area contributed by atoms with E-state index in [1.807, 2.05) is 48.5 Å². The third kappa shape index (κ3) is 5.29. The molecule has 158 valence electrons. The van der Waals surface area contributed by atoms with E-state index in [4.69, 9.17) is 0 Å². The Hall–Kier alpha value is -2.64. The van der Waals surface area contributed by atoms with Crippen molar-refractivity contribution in [2.24, 2.45) is 0 Å². The Morgan fingerprint density at radius 2 is 1.63 bits per heavy atom. The van der Waals surface area contributed by atoms with Crippen LogP contribution in [0, 0.1) is 0 Å². The van der Waals surface area contributed by atoms with Crippen molar-refractivity contribution in [3.8, 4) is 0 Å². The zero-order valence-electron chi connectivity index (χ0n) is 18.0. The second-order valence-electron chi connectivity index (χ2n) is 7.38. The summed E-state index contributed by atoms with van der Waals surface area (Å²) in [4.78, 5) is 16.6. The summed E-state index contributed by atoms with van der Waals surface area (Å²) >= 11 is 1.44. The van der Waals surface area contributed by atoms with Gasteiger partial charge in [-0.3, -0.25) is 9.69 Å². The van der Waals surface area contributed by atoms with Crippen LogP contribution in [0.4, 0.5) is 5.69 Å². The molecule has 0 radical (unpaired) electrons.